The number of nitrogens with two attached hydrogens (primary N) is 1. The van der Waals surface area contributed by atoms with Crippen LogP contribution in [0.4, 0.5) is 11.8 Å². The molecule has 1 heterocycles. The number of hydrogen-bond acceptors (Lipinski definition) is 4. The number of aryl methyl sites for hydroxylation is 1. The Labute approximate surface area is 124 Å². The van der Waals surface area contributed by atoms with Gasteiger partial charge in [0.05, 0.1) is 5.52 Å². The number of nitrogens with zero attached hydrogens (tertiary/aromatic N) is 2. The highest BCUT2D eigenvalue weighted by Gasteiger charge is 2.05. The van der Waals surface area contributed by atoms with Crippen LogP contribution in [-0.4, -0.2) is 9.97 Å². The van der Waals surface area contributed by atoms with Crippen molar-refractivity contribution in [2.24, 2.45) is 0 Å². The van der Waals surface area contributed by atoms with E-state index in [0.29, 0.717) is 6.54 Å². The number of rotatable bonds is 4. The molecule has 1 aromatic heterocycles. The second-order valence-electron chi connectivity index (χ2n) is 4.97. The minimum Gasteiger partial charge on any atom is -0.368 e. The van der Waals surface area contributed by atoms with Crippen LogP contribution in [0.25, 0.3) is 10.9 Å². The summed E-state index contributed by atoms with van der Waals surface area (Å²) in [5.74, 6) is 1.06. The van der Waals surface area contributed by atoms with E-state index in [1.165, 1.54) is 11.1 Å². The van der Waals surface area contributed by atoms with E-state index in [9.17, 15) is 0 Å². The van der Waals surface area contributed by atoms with E-state index in [2.05, 4.69) is 46.5 Å². The SMILES string of the molecule is CCc1ccc(CNc2nc(N)nc3ccccc23)cc1. The highest BCUT2D eigenvalue weighted by atomic mass is 15.1. The molecular formula is C17H18N4. The van der Waals surface area contributed by atoms with Gasteiger partial charge in [0, 0.05) is 11.9 Å². The Bertz CT molecular complexity index is 750. The van der Waals surface area contributed by atoms with Gasteiger partial charge in [-0.05, 0) is 29.7 Å². The number of benzene rings is 2. The molecule has 4 nitrogen and oxygen atoms in total. The van der Waals surface area contributed by atoms with Gasteiger partial charge in [0.15, 0.2) is 0 Å². The van der Waals surface area contributed by atoms with Gasteiger partial charge in [0.1, 0.15) is 5.82 Å². The Hall–Kier alpha value is -2.62. The predicted octanol–water partition coefficient (Wildman–Crippen LogP) is 3.39. The molecule has 0 saturated heterocycles. The van der Waals surface area contributed by atoms with Crippen molar-refractivity contribution in [2.45, 2.75) is 19.9 Å². The number of para-hydroxylation sites is 1. The number of hydrogen-bond donors (Lipinski definition) is 2. The third-order valence-corrected chi connectivity index (χ3v) is 3.51. The van der Waals surface area contributed by atoms with E-state index in [4.69, 9.17) is 5.73 Å². The zero-order valence-electron chi connectivity index (χ0n) is 12.0. The zero-order valence-corrected chi connectivity index (χ0v) is 12.0. The fourth-order valence-corrected chi connectivity index (χ4v) is 2.31. The maximum Gasteiger partial charge on any atom is 0.222 e. The topological polar surface area (TPSA) is 63.8 Å². The number of fused-ring (bicyclic) bond motifs is 1. The molecule has 3 aromatic rings. The summed E-state index contributed by atoms with van der Waals surface area (Å²) >= 11 is 0. The molecule has 0 fully saturated rings. The van der Waals surface area contributed by atoms with Gasteiger partial charge in [-0.1, -0.05) is 43.3 Å². The molecule has 0 atom stereocenters. The second kappa shape index (κ2) is 5.79. The van der Waals surface area contributed by atoms with Crippen LogP contribution < -0.4 is 11.1 Å². The molecule has 2 aromatic carbocycles. The molecule has 106 valence electrons. The van der Waals surface area contributed by atoms with Gasteiger partial charge < -0.3 is 11.1 Å². The minimum atomic E-state index is 0.289. The first-order valence-corrected chi connectivity index (χ1v) is 7.10. The molecule has 0 unspecified atom stereocenters. The molecule has 0 bridgehead atoms. The van der Waals surface area contributed by atoms with Crippen molar-refractivity contribution < 1.29 is 0 Å². The van der Waals surface area contributed by atoms with Gasteiger partial charge in [-0.2, -0.15) is 4.98 Å². The quantitative estimate of drug-likeness (QED) is 0.768. The summed E-state index contributed by atoms with van der Waals surface area (Å²) in [5.41, 5.74) is 9.18. The van der Waals surface area contributed by atoms with Crippen molar-refractivity contribution in [3.63, 3.8) is 0 Å². The number of anilines is 2. The van der Waals surface area contributed by atoms with Crippen molar-refractivity contribution in [2.75, 3.05) is 11.1 Å². The Morgan fingerprint density at radius 2 is 1.67 bits per heavy atom. The fraction of sp³-hybridized carbons (Fsp3) is 0.176. The third kappa shape index (κ3) is 2.94. The van der Waals surface area contributed by atoms with E-state index in [1.54, 1.807) is 0 Å². The summed E-state index contributed by atoms with van der Waals surface area (Å²) in [6, 6.07) is 16.4. The molecule has 0 radical (unpaired) electrons. The molecular weight excluding hydrogens is 260 g/mol. The van der Waals surface area contributed by atoms with Crippen molar-refractivity contribution in [1.29, 1.82) is 0 Å². The first-order chi connectivity index (χ1) is 10.3. The van der Waals surface area contributed by atoms with Gasteiger partial charge in [-0.15, -0.1) is 0 Å². The predicted molar refractivity (Wildman–Crippen MR) is 87.1 cm³/mol. The lowest BCUT2D eigenvalue weighted by atomic mass is 10.1. The van der Waals surface area contributed by atoms with Crippen LogP contribution in [-0.2, 0) is 13.0 Å². The lowest BCUT2D eigenvalue weighted by molar-refractivity contribution is 1.09. The molecule has 0 saturated carbocycles. The third-order valence-electron chi connectivity index (χ3n) is 3.51. The Kier molecular flexibility index (Phi) is 3.69. The normalized spacial score (nSPS) is 10.7. The summed E-state index contributed by atoms with van der Waals surface area (Å²) in [6.07, 6.45) is 1.06. The first kappa shape index (κ1) is 13.4. The highest BCUT2D eigenvalue weighted by Crippen LogP contribution is 2.21. The van der Waals surface area contributed by atoms with Crippen molar-refractivity contribution in [3.8, 4) is 0 Å². The highest BCUT2D eigenvalue weighted by molar-refractivity contribution is 5.89. The van der Waals surface area contributed by atoms with Crippen LogP contribution in [0.1, 0.15) is 18.1 Å². The molecule has 0 aliphatic heterocycles. The fourth-order valence-electron chi connectivity index (χ4n) is 2.31. The average Bonchev–Trinajstić information content (AvgIpc) is 2.53. The molecule has 3 N–H and O–H groups in total. The standard InChI is InChI=1S/C17H18N4/c1-2-12-7-9-13(10-8-12)11-19-16-14-5-3-4-6-15(14)20-17(18)21-16/h3-10H,2,11H2,1H3,(H3,18,19,20,21). The first-order valence-electron chi connectivity index (χ1n) is 7.10. The van der Waals surface area contributed by atoms with Crippen LogP contribution in [0, 0.1) is 0 Å². The Morgan fingerprint density at radius 3 is 2.43 bits per heavy atom. The molecule has 0 aliphatic rings. The lowest BCUT2D eigenvalue weighted by Gasteiger charge is -2.09. The van der Waals surface area contributed by atoms with E-state index in [-0.39, 0.29) is 5.95 Å². The second-order valence-corrected chi connectivity index (χ2v) is 4.97. The molecule has 0 spiro atoms. The summed E-state index contributed by atoms with van der Waals surface area (Å²) < 4.78 is 0. The minimum absolute atomic E-state index is 0.289. The number of nitrogens with one attached hydrogen (secondary N) is 1. The number of nitrogen functional groups attached to an aromatic ring is 1. The average molecular weight is 278 g/mol. The summed E-state index contributed by atoms with van der Waals surface area (Å²) in [5, 5.41) is 4.33. The van der Waals surface area contributed by atoms with Crippen LogP contribution in [0.2, 0.25) is 0 Å². The maximum absolute atomic E-state index is 5.77. The summed E-state index contributed by atoms with van der Waals surface area (Å²) in [7, 11) is 0. The van der Waals surface area contributed by atoms with Gasteiger partial charge in [0.25, 0.3) is 0 Å². The van der Waals surface area contributed by atoms with Crippen LogP contribution >= 0.6 is 0 Å². The number of aromatic nitrogens is 2. The van der Waals surface area contributed by atoms with Gasteiger partial charge >= 0.3 is 0 Å². The summed E-state index contributed by atoms with van der Waals surface area (Å²) in [6.45, 7) is 2.87. The van der Waals surface area contributed by atoms with E-state index >= 15 is 0 Å². The zero-order chi connectivity index (χ0) is 14.7. The van der Waals surface area contributed by atoms with E-state index < -0.39 is 0 Å². The maximum atomic E-state index is 5.77. The van der Waals surface area contributed by atoms with E-state index in [0.717, 1.165) is 23.1 Å². The van der Waals surface area contributed by atoms with Gasteiger partial charge in [0.2, 0.25) is 5.95 Å². The largest absolute Gasteiger partial charge is 0.368 e. The van der Waals surface area contributed by atoms with Crippen LogP contribution in [0.5, 0.6) is 0 Å². The van der Waals surface area contributed by atoms with Gasteiger partial charge in [-0.3, -0.25) is 0 Å². The molecule has 4 heteroatoms. The molecule has 3 rings (SSSR count). The monoisotopic (exact) mass is 278 g/mol. The lowest BCUT2D eigenvalue weighted by Crippen LogP contribution is -2.05. The Morgan fingerprint density at radius 1 is 0.952 bits per heavy atom. The van der Waals surface area contributed by atoms with Crippen LogP contribution in [0.3, 0.4) is 0 Å². The van der Waals surface area contributed by atoms with Crippen molar-refractivity contribution in [1.82, 2.24) is 9.97 Å². The molecule has 0 aliphatic carbocycles. The van der Waals surface area contributed by atoms with Crippen molar-refractivity contribution >= 4 is 22.7 Å². The van der Waals surface area contributed by atoms with Crippen LogP contribution in [0.15, 0.2) is 48.5 Å². The Balaban J connectivity index is 1.84. The van der Waals surface area contributed by atoms with E-state index in [1.807, 2.05) is 24.3 Å². The molecule has 21 heavy (non-hydrogen) atoms. The van der Waals surface area contributed by atoms with Crippen molar-refractivity contribution in [3.05, 3.63) is 59.7 Å². The van der Waals surface area contributed by atoms with Gasteiger partial charge in [-0.25, -0.2) is 4.98 Å². The summed E-state index contributed by atoms with van der Waals surface area (Å²) in [4.78, 5) is 8.55. The molecule has 0 amide bonds. The smallest absolute Gasteiger partial charge is 0.222 e.